The van der Waals surface area contributed by atoms with Gasteiger partial charge in [-0.3, -0.25) is 0 Å². The maximum atomic E-state index is 5.05. The minimum absolute atomic E-state index is 0.306. The zero-order valence-electron chi connectivity index (χ0n) is 10.3. The summed E-state index contributed by atoms with van der Waals surface area (Å²) in [6.07, 6.45) is 5.72. The van der Waals surface area contributed by atoms with E-state index in [0.29, 0.717) is 11.8 Å². The molecule has 1 aliphatic rings. The van der Waals surface area contributed by atoms with Crippen LogP contribution in [0, 0.1) is 6.92 Å². The van der Waals surface area contributed by atoms with Gasteiger partial charge >= 0.3 is 0 Å². The highest BCUT2D eigenvalue weighted by molar-refractivity contribution is 5.30. The van der Waals surface area contributed by atoms with Crippen LogP contribution >= 0.6 is 0 Å². The van der Waals surface area contributed by atoms with Gasteiger partial charge in [0.25, 0.3) is 0 Å². The van der Waals surface area contributed by atoms with Gasteiger partial charge in [-0.15, -0.1) is 0 Å². The normalized spacial score (nSPS) is 20.1. The third-order valence-electron chi connectivity index (χ3n) is 3.16. The van der Waals surface area contributed by atoms with Crippen molar-refractivity contribution in [3.8, 4) is 0 Å². The first-order chi connectivity index (χ1) is 8.83. The van der Waals surface area contributed by atoms with E-state index in [1.54, 1.807) is 12.4 Å². The van der Waals surface area contributed by atoms with Crippen molar-refractivity contribution in [1.29, 1.82) is 0 Å². The summed E-state index contributed by atoms with van der Waals surface area (Å²) in [6.45, 7) is 3.65. The fourth-order valence-electron chi connectivity index (χ4n) is 2.30. The van der Waals surface area contributed by atoms with Crippen LogP contribution in [-0.4, -0.2) is 33.2 Å². The lowest BCUT2D eigenvalue weighted by Gasteiger charge is -2.31. The average molecular weight is 245 g/mol. The monoisotopic (exact) mass is 245 g/mol. The first-order valence-electron chi connectivity index (χ1n) is 6.15. The summed E-state index contributed by atoms with van der Waals surface area (Å²) in [4.78, 5) is 15.1. The summed E-state index contributed by atoms with van der Waals surface area (Å²) in [7, 11) is 0. The first-order valence-corrected chi connectivity index (χ1v) is 6.15. The third-order valence-corrected chi connectivity index (χ3v) is 3.16. The number of piperidine rings is 1. The Morgan fingerprint density at radius 2 is 2.17 bits per heavy atom. The number of aryl methyl sites for hydroxylation is 1. The average Bonchev–Trinajstić information content (AvgIpc) is 2.87. The largest absolute Gasteiger partial charge is 0.340 e. The molecule has 1 aliphatic heterocycles. The lowest BCUT2D eigenvalue weighted by atomic mass is 9.98. The zero-order chi connectivity index (χ0) is 12.4. The van der Waals surface area contributed by atoms with E-state index in [-0.39, 0.29) is 0 Å². The number of hydrogen-bond acceptors (Lipinski definition) is 6. The van der Waals surface area contributed by atoms with Gasteiger partial charge in [-0.05, 0) is 18.9 Å². The van der Waals surface area contributed by atoms with Gasteiger partial charge in [0, 0.05) is 38.3 Å². The molecule has 1 atom stereocenters. The van der Waals surface area contributed by atoms with Crippen LogP contribution in [-0.2, 0) is 0 Å². The lowest BCUT2D eigenvalue weighted by molar-refractivity contribution is 0.376. The second kappa shape index (κ2) is 4.72. The summed E-state index contributed by atoms with van der Waals surface area (Å²) in [6, 6.07) is 1.83. The Bertz CT molecular complexity index is 512. The Labute approximate surface area is 105 Å². The summed E-state index contributed by atoms with van der Waals surface area (Å²) in [5.74, 6) is 2.51. The molecule has 0 amide bonds. The molecular formula is C12H15N5O. The van der Waals surface area contributed by atoms with Crippen LogP contribution in [0.2, 0.25) is 0 Å². The molecule has 0 radical (unpaired) electrons. The molecule has 2 aromatic heterocycles. The van der Waals surface area contributed by atoms with Gasteiger partial charge in [-0.1, -0.05) is 5.16 Å². The van der Waals surface area contributed by atoms with Gasteiger partial charge < -0.3 is 9.42 Å². The highest BCUT2D eigenvalue weighted by Crippen LogP contribution is 2.26. The molecule has 1 unspecified atom stereocenters. The molecular weight excluding hydrogens is 230 g/mol. The zero-order valence-corrected chi connectivity index (χ0v) is 10.3. The van der Waals surface area contributed by atoms with Crippen LogP contribution in [0.25, 0.3) is 0 Å². The lowest BCUT2D eigenvalue weighted by Crippen LogP contribution is -2.35. The van der Waals surface area contributed by atoms with E-state index in [9.17, 15) is 0 Å². The molecule has 18 heavy (non-hydrogen) atoms. The first kappa shape index (κ1) is 11.1. The minimum Gasteiger partial charge on any atom is -0.340 e. The van der Waals surface area contributed by atoms with Crippen LogP contribution in [0.5, 0.6) is 0 Å². The van der Waals surface area contributed by atoms with E-state index in [1.165, 1.54) is 0 Å². The maximum absolute atomic E-state index is 5.05. The quantitative estimate of drug-likeness (QED) is 0.799. The van der Waals surface area contributed by atoms with E-state index >= 15 is 0 Å². The van der Waals surface area contributed by atoms with Crippen molar-refractivity contribution in [2.75, 3.05) is 18.0 Å². The topological polar surface area (TPSA) is 67.9 Å². The molecule has 1 fully saturated rings. The standard InChI is InChI=1S/C12H15N5O/c1-9-15-11(16-18-9)10-4-2-7-17(8-10)12-13-5-3-6-14-12/h3,5-6,10H,2,4,7-8H2,1H3. The molecule has 1 saturated heterocycles. The van der Waals surface area contributed by atoms with Crippen LogP contribution in [0.15, 0.2) is 23.0 Å². The van der Waals surface area contributed by atoms with Gasteiger partial charge in [0.05, 0.1) is 0 Å². The Morgan fingerprint density at radius 1 is 1.33 bits per heavy atom. The van der Waals surface area contributed by atoms with Crippen molar-refractivity contribution in [1.82, 2.24) is 20.1 Å². The van der Waals surface area contributed by atoms with Crippen molar-refractivity contribution >= 4 is 5.95 Å². The van der Waals surface area contributed by atoms with Crippen LogP contribution in [0.1, 0.15) is 30.5 Å². The molecule has 3 rings (SSSR count). The predicted octanol–water partition coefficient (Wildman–Crippen LogP) is 1.55. The maximum Gasteiger partial charge on any atom is 0.225 e. The third kappa shape index (κ3) is 2.18. The van der Waals surface area contributed by atoms with E-state index in [1.807, 2.05) is 13.0 Å². The molecule has 0 bridgehead atoms. The molecule has 94 valence electrons. The van der Waals surface area contributed by atoms with Gasteiger partial charge in [0.2, 0.25) is 11.8 Å². The smallest absolute Gasteiger partial charge is 0.225 e. The Morgan fingerprint density at radius 3 is 2.89 bits per heavy atom. The molecule has 0 aromatic carbocycles. The summed E-state index contributed by atoms with van der Waals surface area (Å²) in [5.41, 5.74) is 0. The van der Waals surface area contributed by atoms with E-state index < -0.39 is 0 Å². The van der Waals surface area contributed by atoms with Crippen LogP contribution in [0.3, 0.4) is 0 Å². The van der Waals surface area contributed by atoms with Gasteiger partial charge in [0.15, 0.2) is 5.82 Å². The Hall–Kier alpha value is -1.98. The van der Waals surface area contributed by atoms with Crippen LogP contribution in [0.4, 0.5) is 5.95 Å². The molecule has 0 aliphatic carbocycles. The van der Waals surface area contributed by atoms with E-state index in [0.717, 1.165) is 37.7 Å². The number of aromatic nitrogens is 4. The van der Waals surface area contributed by atoms with Crippen molar-refractivity contribution in [2.24, 2.45) is 0 Å². The van der Waals surface area contributed by atoms with Gasteiger partial charge in [0.1, 0.15) is 0 Å². The van der Waals surface area contributed by atoms with E-state index in [2.05, 4.69) is 25.0 Å². The second-order valence-electron chi connectivity index (χ2n) is 4.51. The summed E-state index contributed by atoms with van der Waals surface area (Å²) < 4.78 is 5.05. The SMILES string of the molecule is Cc1nc(C2CCCN(c3ncccn3)C2)no1. The van der Waals surface area contributed by atoms with Crippen molar-refractivity contribution in [3.63, 3.8) is 0 Å². The number of hydrogen-bond donors (Lipinski definition) is 0. The van der Waals surface area contributed by atoms with E-state index in [4.69, 9.17) is 4.52 Å². The van der Waals surface area contributed by atoms with Crippen molar-refractivity contribution in [3.05, 3.63) is 30.2 Å². The molecule has 6 heteroatoms. The fourth-order valence-corrected chi connectivity index (χ4v) is 2.30. The molecule has 2 aromatic rings. The highest BCUT2D eigenvalue weighted by Gasteiger charge is 2.26. The second-order valence-corrected chi connectivity index (χ2v) is 4.51. The molecule has 6 nitrogen and oxygen atoms in total. The van der Waals surface area contributed by atoms with Crippen molar-refractivity contribution in [2.45, 2.75) is 25.7 Å². The predicted molar refractivity (Wildman–Crippen MR) is 65.3 cm³/mol. The number of nitrogens with zero attached hydrogens (tertiary/aromatic N) is 5. The fraction of sp³-hybridized carbons (Fsp3) is 0.500. The highest BCUT2D eigenvalue weighted by atomic mass is 16.5. The summed E-state index contributed by atoms with van der Waals surface area (Å²) in [5, 5.41) is 4.01. The minimum atomic E-state index is 0.306. The Kier molecular flexibility index (Phi) is 2.92. The Balaban J connectivity index is 1.76. The number of rotatable bonds is 2. The molecule has 0 spiro atoms. The van der Waals surface area contributed by atoms with Crippen molar-refractivity contribution < 1.29 is 4.52 Å². The van der Waals surface area contributed by atoms with Gasteiger partial charge in [-0.2, -0.15) is 4.98 Å². The molecule has 3 heterocycles. The molecule has 0 saturated carbocycles. The summed E-state index contributed by atoms with van der Waals surface area (Å²) >= 11 is 0. The van der Waals surface area contributed by atoms with Gasteiger partial charge in [-0.25, -0.2) is 9.97 Å². The number of anilines is 1. The molecule has 0 N–H and O–H groups in total. The van der Waals surface area contributed by atoms with Crippen LogP contribution < -0.4 is 4.90 Å².